The van der Waals surface area contributed by atoms with E-state index in [1.54, 1.807) is 6.20 Å². The minimum Gasteiger partial charge on any atom is -0.347 e. The van der Waals surface area contributed by atoms with Gasteiger partial charge < -0.3 is 10.6 Å². The molecule has 2 unspecified atom stereocenters. The van der Waals surface area contributed by atoms with Crippen LogP contribution >= 0.6 is 36.2 Å². The zero-order valence-electron chi connectivity index (χ0n) is 11.8. The number of aromatic nitrogens is 1. The molecule has 0 radical (unpaired) electrons. The molecular formula is C13H23Cl2N3OS. The lowest BCUT2D eigenvalue weighted by Crippen LogP contribution is -2.50. The Kier molecular flexibility index (Phi) is 9.38. The number of amides is 1. The summed E-state index contributed by atoms with van der Waals surface area (Å²) < 4.78 is 0. The molecule has 116 valence electrons. The minimum atomic E-state index is 0. The van der Waals surface area contributed by atoms with Crippen molar-refractivity contribution in [2.45, 2.75) is 39.2 Å². The molecule has 0 aromatic carbocycles. The molecule has 0 saturated carbocycles. The molecule has 1 aliphatic rings. The largest absolute Gasteiger partial charge is 0.347 e. The second-order valence-electron chi connectivity index (χ2n) is 4.92. The molecule has 1 amide bonds. The van der Waals surface area contributed by atoms with Gasteiger partial charge in [-0.05, 0) is 31.7 Å². The normalized spacial score (nSPS) is 21.5. The third-order valence-corrected chi connectivity index (χ3v) is 4.44. The lowest BCUT2D eigenvalue weighted by Gasteiger charge is -2.29. The van der Waals surface area contributed by atoms with Gasteiger partial charge in [0.1, 0.15) is 4.88 Å². The molecule has 2 rings (SSSR count). The van der Waals surface area contributed by atoms with Crippen molar-refractivity contribution in [1.29, 1.82) is 0 Å². The molecule has 0 aliphatic carbocycles. The first-order valence-electron chi connectivity index (χ1n) is 6.67. The maximum absolute atomic E-state index is 12.1. The standard InChI is InChI=1S/C13H21N3OS.2ClH/c1-3-4-12-15-8-11(18-12)13(17)16-10-7-14-6-5-9(10)2;;/h8-10,14H,3-7H2,1-2H3,(H,16,17);2*1H. The molecule has 1 fully saturated rings. The van der Waals surface area contributed by atoms with E-state index in [-0.39, 0.29) is 36.8 Å². The Morgan fingerprint density at radius 1 is 1.55 bits per heavy atom. The van der Waals surface area contributed by atoms with E-state index in [0.29, 0.717) is 5.92 Å². The second kappa shape index (κ2) is 9.55. The first kappa shape index (κ1) is 19.6. The zero-order valence-corrected chi connectivity index (χ0v) is 14.3. The van der Waals surface area contributed by atoms with Crippen LogP contribution in [-0.4, -0.2) is 30.0 Å². The van der Waals surface area contributed by atoms with Gasteiger partial charge in [0.2, 0.25) is 0 Å². The van der Waals surface area contributed by atoms with Gasteiger partial charge in [0.15, 0.2) is 0 Å². The predicted octanol–water partition coefficient (Wildman–Crippen LogP) is 2.67. The number of rotatable bonds is 4. The molecule has 0 bridgehead atoms. The van der Waals surface area contributed by atoms with Gasteiger partial charge in [0.05, 0.1) is 11.2 Å². The molecule has 2 atom stereocenters. The molecule has 1 aromatic rings. The summed E-state index contributed by atoms with van der Waals surface area (Å²) >= 11 is 1.51. The van der Waals surface area contributed by atoms with Crippen molar-refractivity contribution in [3.05, 3.63) is 16.1 Å². The van der Waals surface area contributed by atoms with Crippen LogP contribution in [0.3, 0.4) is 0 Å². The van der Waals surface area contributed by atoms with E-state index in [1.165, 1.54) is 11.3 Å². The number of hydrogen-bond donors (Lipinski definition) is 2. The number of piperidine rings is 1. The molecule has 2 N–H and O–H groups in total. The van der Waals surface area contributed by atoms with Crippen molar-refractivity contribution >= 4 is 42.1 Å². The molecule has 4 nitrogen and oxygen atoms in total. The van der Waals surface area contributed by atoms with Crippen molar-refractivity contribution in [1.82, 2.24) is 15.6 Å². The summed E-state index contributed by atoms with van der Waals surface area (Å²) in [4.78, 5) is 17.1. The van der Waals surface area contributed by atoms with E-state index in [0.717, 1.165) is 42.2 Å². The zero-order chi connectivity index (χ0) is 13.0. The van der Waals surface area contributed by atoms with Crippen LogP contribution in [0.5, 0.6) is 0 Å². The highest BCUT2D eigenvalue weighted by atomic mass is 35.5. The van der Waals surface area contributed by atoms with Crippen molar-refractivity contribution < 1.29 is 4.79 Å². The number of aryl methyl sites for hydroxylation is 1. The second-order valence-corrected chi connectivity index (χ2v) is 6.03. The fourth-order valence-electron chi connectivity index (χ4n) is 2.17. The predicted molar refractivity (Wildman–Crippen MR) is 88.5 cm³/mol. The number of nitrogens with zero attached hydrogens (tertiary/aromatic N) is 1. The van der Waals surface area contributed by atoms with Gasteiger partial charge in [-0.25, -0.2) is 4.98 Å². The van der Waals surface area contributed by atoms with Crippen molar-refractivity contribution in [2.24, 2.45) is 5.92 Å². The van der Waals surface area contributed by atoms with Gasteiger partial charge in [0, 0.05) is 12.6 Å². The van der Waals surface area contributed by atoms with Gasteiger partial charge in [-0.3, -0.25) is 4.79 Å². The highest BCUT2D eigenvalue weighted by molar-refractivity contribution is 7.13. The van der Waals surface area contributed by atoms with Crippen LogP contribution in [0.15, 0.2) is 6.20 Å². The SMILES string of the molecule is CCCc1ncc(C(=O)NC2CNCCC2C)s1.Cl.Cl. The summed E-state index contributed by atoms with van der Waals surface area (Å²) in [6.45, 7) is 6.24. The van der Waals surface area contributed by atoms with Gasteiger partial charge >= 0.3 is 0 Å². The van der Waals surface area contributed by atoms with Crippen LogP contribution < -0.4 is 10.6 Å². The first-order chi connectivity index (χ1) is 8.70. The van der Waals surface area contributed by atoms with Crippen LogP contribution in [0.2, 0.25) is 0 Å². The van der Waals surface area contributed by atoms with Crippen molar-refractivity contribution in [3.8, 4) is 0 Å². The quantitative estimate of drug-likeness (QED) is 0.886. The fraction of sp³-hybridized carbons (Fsp3) is 0.692. The number of thiazole rings is 1. The van der Waals surface area contributed by atoms with E-state index in [2.05, 4.69) is 29.5 Å². The summed E-state index contributed by atoms with van der Waals surface area (Å²) in [5, 5.41) is 7.48. The third kappa shape index (κ3) is 5.20. The average molecular weight is 340 g/mol. The van der Waals surface area contributed by atoms with Crippen LogP contribution in [-0.2, 0) is 6.42 Å². The summed E-state index contributed by atoms with van der Waals surface area (Å²) in [6.07, 6.45) is 4.85. The smallest absolute Gasteiger partial charge is 0.263 e. The molecule has 2 heterocycles. The Bertz CT molecular complexity index is 414. The molecule has 7 heteroatoms. The Hall–Kier alpha value is -0.360. The third-order valence-electron chi connectivity index (χ3n) is 3.39. The van der Waals surface area contributed by atoms with E-state index >= 15 is 0 Å². The summed E-state index contributed by atoms with van der Waals surface area (Å²) in [6, 6.07) is 0.239. The van der Waals surface area contributed by atoms with Gasteiger partial charge in [0.25, 0.3) is 5.91 Å². The van der Waals surface area contributed by atoms with E-state index in [4.69, 9.17) is 0 Å². The Labute approximate surface area is 137 Å². The van der Waals surface area contributed by atoms with E-state index in [9.17, 15) is 4.79 Å². The summed E-state index contributed by atoms with van der Waals surface area (Å²) in [7, 11) is 0. The van der Waals surface area contributed by atoms with Crippen molar-refractivity contribution in [2.75, 3.05) is 13.1 Å². The molecule has 1 aromatic heterocycles. The summed E-state index contributed by atoms with van der Waals surface area (Å²) in [5.41, 5.74) is 0. The number of halogens is 2. The van der Waals surface area contributed by atoms with E-state index < -0.39 is 0 Å². The van der Waals surface area contributed by atoms with E-state index in [1.807, 2.05) is 0 Å². The molecule has 1 saturated heterocycles. The Balaban J connectivity index is 0.00000180. The minimum absolute atomic E-state index is 0. The van der Waals surface area contributed by atoms with Crippen LogP contribution in [0.25, 0.3) is 0 Å². The molecular weight excluding hydrogens is 317 g/mol. The number of carbonyl (C=O) groups is 1. The van der Waals surface area contributed by atoms with Crippen LogP contribution in [0.1, 0.15) is 41.4 Å². The lowest BCUT2D eigenvalue weighted by atomic mass is 9.95. The number of carbonyl (C=O) groups excluding carboxylic acids is 1. The highest BCUT2D eigenvalue weighted by Gasteiger charge is 2.23. The van der Waals surface area contributed by atoms with Gasteiger partial charge in [-0.15, -0.1) is 36.2 Å². The highest BCUT2D eigenvalue weighted by Crippen LogP contribution is 2.16. The fourth-order valence-corrected chi connectivity index (χ4v) is 3.09. The summed E-state index contributed by atoms with van der Waals surface area (Å²) in [5.74, 6) is 0.564. The van der Waals surface area contributed by atoms with Crippen molar-refractivity contribution in [3.63, 3.8) is 0 Å². The Morgan fingerprint density at radius 3 is 2.95 bits per heavy atom. The van der Waals surface area contributed by atoms with Gasteiger partial charge in [-0.1, -0.05) is 13.8 Å². The molecule has 0 spiro atoms. The monoisotopic (exact) mass is 339 g/mol. The number of nitrogens with one attached hydrogen (secondary N) is 2. The topological polar surface area (TPSA) is 54.0 Å². The molecule has 1 aliphatic heterocycles. The van der Waals surface area contributed by atoms with Crippen LogP contribution in [0.4, 0.5) is 0 Å². The Morgan fingerprint density at radius 2 is 2.30 bits per heavy atom. The lowest BCUT2D eigenvalue weighted by molar-refractivity contribution is 0.0919. The maximum Gasteiger partial charge on any atom is 0.263 e. The number of hydrogen-bond acceptors (Lipinski definition) is 4. The van der Waals surface area contributed by atoms with Crippen LogP contribution in [0, 0.1) is 5.92 Å². The molecule has 20 heavy (non-hydrogen) atoms. The average Bonchev–Trinajstić information content (AvgIpc) is 2.81. The maximum atomic E-state index is 12.1. The van der Waals surface area contributed by atoms with Gasteiger partial charge in [-0.2, -0.15) is 0 Å². The first-order valence-corrected chi connectivity index (χ1v) is 7.48.